The Kier molecular flexibility index (Phi) is 5.07. The number of carbonyl (C=O) groups excluding carboxylic acids is 1. The second kappa shape index (κ2) is 7.02. The number of carbonyl (C=O) groups is 1. The Hall–Kier alpha value is -1.71. The van der Waals surface area contributed by atoms with Gasteiger partial charge >= 0.3 is 0 Å². The topological polar surface area (TPSA) is 50.4 Å². The van der Waals surface area contributed by atoms with Gasteiger partial charge in [0.2, 0.25) is 5.91 Å². The zero-order valence-electron chi connectivity index (χ0n) is 11.4. The fraction of sp³-hybridized carbons (Fsp3) is 0.533. The summed E-state index contributed by atoms with van der Waals surface area (Å²) in [4.78, 5) is 11.7. The third-order valence-electron chi connectivity index (χ3n) is 3.34. The molecular formula is C15H22N2O2. The molecule has 1 aliphatic carbocycles. The Bertz CT molecular complexity index is 397. The maximum Gasteiger partial charge on any atom is 0.239 e. The average Bonchev–Trinajstić information content (AvgIpc) is 2.91. The van der Waals surface area contributed by atoms with Crippen LogP contribution in [0, 0.1) is 0 Å². The van der Waals surface area contributed by atoms with Crippen molar-refractivity contribution >= 4 is 11.6 Å². The molecule has 0 spiro atoms. The molecule has 19 heavy (non-hydrogen) atoms. The molecule has 0 atom stereocenters. The number of benzene rings is 1. The largest absolute Gasteiger partial charge is 0.494 e. The zero-order valence-corrected chi connectivity index (χ0v) is 11.4. The predicted octanol–water partition coefficient (Wildman–Crippen LogP) is 2.56. The lowest BCUT2D eigenvalue weighted by Crippen LogP contribution is -2.36. The molecule has 1 fully saturated rings. The highest BCUT2D eigenvalue weighted by molar-refractivity contribution is 5.81. The first kappa shape index (κ1) is 13.7. The first-order valence-electron chi connectivity index (χ1n) is 7.04. The molecule has 0 heterocycles. The molecule has 2 rings (SSSR count). The second-order valence-corrected chi connectivity index (χ2v) is 4.86. The van der Waals surface area contributed by atoms with E-state index in [4.69, 9.17) is 4.74 Å². The summed E-state index contributed by atoms with van der Waals surface area (Å²) in [5.41, 5.74) is 0.935. The quantitative estimate of drug-likeness (QED) is 0.828. The first-order valence-corrected chi connectivity index (χ1v) is 7.04. The molecule has 1 amide bonds. The number of rotatable bonds is 6. The summed E-state index contributed by atoms with van der Waals surface area (Å²) in [6.07, 6.45) is 4.71. The van der Waals surface area contributed by atoms with Gasteiger partial charge in [-0.1, -0.05) is 12.8 Å². The monoisotopic (exact) mass is 262 g/mol. The van der Waals surface area contributed by atoms with Crippen LogP contribution in [0.1, 0.15) is 32.6 Å². The molecule has 1 aromatic carbocycles. The van der Waals surface area contributed by atoms with Crippen LogP contribution in [0.2, 0.25) is 0 Å². The molecular weight excluding hydrogens is 240 g/mol. The SMILES string of the molecule is CCOc1ccc(NCC(=O)NC2CCCC2)cc1. The van der Waals surface area contributed by atoms with E-state index in [-0.39, 0.29) is 5.91 Å². The Morgan fingerprint density at radius 2 is 1.95 bits per heavy atom. The number of ether oxygens (including phenoxy) is 1. The summed E-state index contributed by atoms with van der Waals surface area (Å²) in [6, 6.07) is 8.04. The molecule has 0 unspecified atom stereocenters. The maximum atomic E-state index is 11.7. The van der Waals surface area contributed by atoms with Crippen LogP contribution in [0.5, 0.6) is 5.75 Å². The fourth-order valence-corrected chi connectivity index (χ4v) is 2.37. The average molecular weight is 262 g/mol. The highest BCUT2D eigenvalue weighted by Gasteiger charge is 2.16. The molecule has 4 nitrogen and oxygen atoms in total. The maximum absolute atomic E-state index is 11.7. The van der Waals surface area contributed by atoms with Gasteiger partial charge in [0.25, 0.3) is 0 Å². The molecule has 104 valence electrons. The van der Waals surface area contributed by atoms with E-state index in [0.29, 0.717) is 19.2 Å². The lowest BCUT2D eigenvalue weighted by Gasteiger charge is -2.13. The summed E-state index contributed by atoms with van der Waals surface area (Å²) >= 11 is 0. The van der Waals surface area contributed by atoms with Crippen molar-refractivity contribution in [3.63, 3.8) is 0 Å². The smallest absolute Gasteiger partial charge is 0.239 e. The number of hydrogen-bond donors (Lipinski definition) is 2. The van der Waals surface area contributed by atoms with Crippen LogP contribution < -0.4 is 15.4 Å². The third-order valence-corrected chi connectivity index (χ3v) is 3.34. The number of amides is 1. The van der Waals surface area contributed by atoms with Gasteiger partial charge in [0, 0.05) is 11.7 Å². The standard InChI is InChI=1S/C15H22N2O2/c1-2-19-14-9-7-12(8-10-14)16-11-15(18)17-13-5-3-4-6-13/h7-10,13,16H,2-6,11H2,1H3,(H,17,18). The number of hydrogen-bond acceptors (Lipinski definition) is 3. The van der Waals surface area contributed by atoms with E-state index >= 15 is 0 Å². The van der Waals surface area contributed by atoms with Crippen molar-refractivity contribution < 1.29 is 9.53 Å². The zero-order chi connectivity index (χ0) is 13.5. The van der Waals surface area contributed by atoms with E-state index in [2.05, 4.69) is 10.6 Å². The third kappa shape index (κ3) is 4.47. The Morgan fingerprint density at radius 1 is 1.26 bits per heavy atom. The fourth-order valence-electron chi connectivity index (χ4n) is 2.37. The molecule has 0 bridgehead atoms. The van der Waals surface area contributed by atoms with E-state index in [1.165, 1.54) is 12.8 Å². The van der Waals surface area contributed by atoms with Gasteiger partial charge in [-0.3, -0.25) is 4.79 Å². The van der Waals surface area contributed by atoms with E-state index in [0.717, 1.165) is 24.3 Å². The van der Waals surface area contributed by atoms with Crippen LogP contribution in [0.4, 0.5) is 5.69 Å². The Labute approximate surface area is 114 Å². The molecule has 0 aliphatic heterocycles. The van der Waals surface area contributed by atoms with Crippen molar-refractivity contribution in [1.82, 2.24) is 5.32 Å². The van der Waals surface area contributed by atoms with E-state index in [1.807, 2.05) is 31.2 Å². The molecule has 1 aromatic rings. The predicted molar refractivity (Wildman–Crippen MR) is 76.5 cm³/mol. The van der Waals surface area contributed by atoms with Gasteiger partial charge in [0.05, 0.1) is 13.2 Å². The highest BCUT2D eigenvalue weighted by atomic mass is 16.5. The summed E-state index contributed by atoms with van der Waals surface area (Å²) in [7, 11) is 0. The molecule has 4 heteroatoms. The van der Waals surface area contributed by atoms with Gasteiger partial charge in [-0.25, -0.2) is 0 Å². The first-order chi connectivity index (χ1) is 9.28. The summed E-state index contributed by atoms with van der Waals surface area (Å²) < 4.78 is 5.37. The second-order valence-electron chi connectivity index (χ2n) is 4.86. The minimum absolute atomic E-state index is 0.0702. The van der Waals surface area contributed by atoms with Crippen LogP contribution in [-0.2, 0) is 4.79 Å². The molecule has 0 radical (unpaired) electrons. The Morgan fingerprint density at radius 3 is 2.58 bits per heavy atom. The highest BCUT2D eigenvalue weighted by Crippen LogP contribution is 2.18. The summed E-state index contributed by atoms with van der Waals surface area (Å²) in [5, 5.41) is 6.17. The number of nitrogens with one attached hydrogen (secondary N) is 2. The van der Waals surface area contributed by atoms with Crippen LogP contribution in [0.15, 0.2) is 24.3 Å². The molecule has 1 saturated carbocycles. The van der Waals surface area contributed by atoms with Crippen LogP contribution in [0.25, 0.3) is 0 Å². The van der Waals surface area contributed by atoms with Crippen LogP contribution in [0.3, 0.4) is 0 Å². The lowest BCUT2D eigenvalue weighted by atomic mass is 10.2. The molecule has 2 N–H and O–H groups in total. The summed E-state index contributed by atoms with van der Waals surface area (Å²) in [5.74, 6) is 0.921. The number of anilines is 1. The molecule has 0 saturated heterocycles. The molecule has 1 aliphatic rings. The van der Waals surface area contributed by atoms with Gasteiger partial charge < -0.3 is 15.4 Å². The van der Waals surface area contributed by atoms with Crippen molar-refractivity contribution in [2.45, 2.75) is 38.6 Å². The minimum Gasteiger partial charge on any atom is -0.494 e. The van der Waals surface area contributed by atoms with Crippen molar-refractivity contribution in [1.29, 1.82) is 0 Å². The van der Waals surface area contributed by atoms with Gasteiger partial charge in [-0.05, 0) is 44.0 Å². The van der Waals surface area contributed by atoms with Gasteiger partial charge in [0.1, 0.15) is 5.75 Å². The van der Waals surface area contributed by atoms with E-state index < -0.39 is 0 Å². The normalized spacial score (nSPS) is 15.2. The van der Waals surface area contributed by atoms with E-state index in [1.54, 1.807) is 0 Å². The van der Waals surface area contributed by atoms with Crippen LogP contribution >= 0.6 is 0 Å². The van der Waals surface area contributed by atoms with Crippen LogP contribution in [-0.4, -0.2) is 25.1 Å². The Balaban J connectivity index is 1.73. The van der Waals surface area contributed by atoms with Crippen molar-refractivity contribution in [3.8, 4) is 5.75 Å². The lowest BCUT2D eigenvalue weighted by molar-refractivity contribution is -0.120. The summed E-state index contributed by atoms with van der Waals surface area (Å²) in [6.45, 7) is 2.95. The molecule has 0 aromatic heterocycles. The van der Waals surface area contributed by atoms with Crippen molar-refractivity contribution in [3.05, 3.63) is 24.3 Å². The van der Waals surface area contributed by atoms with Crippen molar-refractivity contribution in [2.24, 2.45) is 0 Å². The van der Waals surface area contributed by atoms with Gasteiger partial charge in [-0.2, -0.15) is 0 Å². The van der Waals surface area contributed by atoms with E-state index in [9.17, 15) is 4.79 Å². The van der Waals surface area contributed by atoms with Gasteiger partial charge in [0.15, 0.2) is 0 Å². The van der Waals surface area contributed by atoms with Crippen molar-refractivity contribution in [2.75, 3.05) is 18.5 Å². The minimum atomic E-state index is 0.0702. The van der Waals surface area contributed by atoms with Gasteiger partial charge in [-0.15, -0.1) is 0 Å².